The van der Waals surface area contributed by atoms with Crippen molar-refractivity contribution in [3.63, 3.8) is 0 Å². The van der Waals surface area contributed by atoms with E-state index >= 15 is 0 Å². The second kappa shape index (κ2) is 8.59. The van der Waals surface area contributed by atoms with Crippen LogP contribution in [0.4, 0.5) is 29.1 Å². The van der Waals surface area contributed by atoms with Crippen LogP contribution in [0.25, 0.3) is 0 Å². The number of pyridine rings is 1. The number of nitrogens with one attached hydrogen (secondary N) is 3. The van der Waals surface area contributed by atoms with Gasteiger partial charge in [-0.1, -0.05) is 29.8 Å². The third-order valence-electron chi connectivity index (χ3n) is 3.77. The van der Waals surface area contributed by atoms with Crippen LogP contribution in [0.15, 0.2) is 48.7 Å². The van der Waals surface area contributed by atoms with Gasteiger partial charge in [-0.15, -0.1) is 0 Å². The summed E-state index contributed by atoms with van der Waals surface area (Å²) >= 11 is 6.25. The van der Waals surface area contributed by atoms with Gasteiger partial charge in [0.05, 0.1) is 11.9 Å². The van der Waals surface area contributed by atoms with E-state index in [9.17, 15) is 9.36 Å². The van der Waals surface area contributed by atoms with Crippen molar-refractivity contribution in [1.82, 2.24) is 15.0 Å². The number of amides is 1. The maximum atomic E-state index is 12.6. The average Bonchev–Trinajstić information content (AvgIpc) is 2.64. The molecule has 0 unspecified atom stereocenters. The molecule has 0 spiro atoms. The zero-order valence-corrected chi connectivity index (χ0v) is 17.8. The highest BCUT2D eigenvalue weighted by molar-refractivity contribution is 7.70. The molecule has 0 aliphatic carbocycles. The molecule has 0 aliphatic rings. The Labute approximate surface area is 173 Å². The molecule has 1 amide bonds. The van der Waals surface area contributed by atoms with Gasteiger partial charge in [0.2, 0.25) is 11.9 Å². The number of benzene rings is 1. The van der Waals surface area contributed by atoms with Gasteiger partial charge >= 0.3 is 0 Å². The predicted molar refractivity (Wildman–Crippen MR) is 118 cm³/mol. The maximum Gasteiger partial charge on any atom is 0.230 e. The highest BCUT2D eigenvalue weighted by Crippen LogP contribution is 2.38. The van der Waals surface area contributed by atoms with E-state index in [0.29, 0.717) is 33.5 Å². The highest BCUT2D eigenvalue weighted by Gasteiger charge is 2.17. The largest absolute Gasteiger partial charge is 0.338 e. The minimum absolute atomic E-state index is 0.216. The Morgan fingerprint density at radius 1 is 1.00 bits per heavy atom. The molecule has 8 nitrogen and oxygen atoms in total. The van der Waals surface area contributed by atoms with Gasteiger partial charge in [-0.3, -0.25) is 4.79 Å². The van der Waals surface area contributed by atoms with E-state index in [-0.39, 0.29) is 11.9 Å². The van der Waals surface area contributed by atoms with Crippen LogP contribution < -0.4 is 21.3 Å². The molecule has 29 heavy (non-hydrogen) atoms. The number of hydrogen-bond donors (Lipinski definition) is 3. The summed E-state index contributed by atoms with van der Waals surface area (Å²) in [6, 6.07) is 12.4. The van der Waals surface area contributed by atoms with Crippen molar-refractivity contribution in [2.45, 2.75) is 6.92 Å². The molecule has 1 aromatic carbocycles. The van der Waals surface area contributed by atoms with Gasteiger partial charge in [-0.05, 0) is 37.6 Å². The number of nitrogens with zero attached hydrogens (tertiary/aromatic N) is 3. The van der Waals surface area contributed by atoms with Gasteiger partial charge in [0.25, 0.3) is 0 Å². The SMILES string of the molecule is CC(=O)Nc1cccc(Nc2ncc(Cl)c(Nc3ccccc3P(C)(C)=O)n2)n1. The summed E-state index contributed by atoms with van der Waals surface area (Å²) in [5.74, 6) is 1.27. The second-order valence-corrected chi connectivity index (χ2v) is 10.2. The van der Waals surface area contributed by atoms with Crippen LogP contribution in [-0.4, -0.2) is 34.2 Å². The fourth-order valence-corrected chi connectivity index (χ4v) is 3.85. The Kier molecular flexibility index (Phi) is 6.15. The number of aromatic nitrogens is 3. The first-order valence-electron chi connectivity index (χ1n) is 8.68. The molecule has 0 atom stereocenters. The van der Waals surface area contributed by atoms with Crippen molar-refractivity contribution in [3.05, 3.63) is 53.7 Å². The Hall–Kier alpha value is -2.96. The van der Waals surface area contributed by atoms with E-state index in [1.165, 1.54) is 13.1 Å². The number of anilines is 5. The first-order valence-corrected chi connectivity index (χ1v) is 11.7. The fourth-order valence-electron chi connectivity index (χ4n) is 2.56. The van der Waals surface area contributed by atoms with Gasteiger partial charge < -0.3 is 20.5 Å². The number of hydrogen-bond acceptors (Lipinski definition) is 7. The summed E-state index contributed by atoms with van der Waals surface area (Å²) in [6.45, 7) is 4.82. The van der Waals surface area contributed by atoms with Crippen LogP contribution >= 0.6 is 18.7 Å². The molecule has 0 saturated heterocycles. The summed E-state index contributed by atoms with van der Waals surface area (Å²) in [6.07, 6.45) is 1.46. The number of carbonyl (C=O) groups excluding carboxylic acids is 1. The van der Waals surface area contributed by atoms with Gasteiger partial charge in [-0.2, -0.15) is 4.98 Å². The zero-order valence-electron chi connectivity index (χ0n) is 16.1. The summed E-state index contributed by atoms with van der Waals surface area (Å²) < 4.78 is 12.6. The lowest BCUT2D eigenvalue weighted by Crippen LogP contribution is -2.11. The van der Waals surface area contributed by atoms with Crippen molar-refractivity contribution >= 4 is 59.0 Å². The second-order valence-electron chi connectivity index (χ2n) is 6.60. The molecule has 0 saturated carbocycles. The van der Waals surface area contributed by atoms with Crippen molar-refractivity contribution in [2.75, 3.05) is 29.3 Å². The monoisotopic (exact) mass is 430 g/mol. The summed E-state index contributed by atoms with van der Waals surface area (Å²) in [5.41, 5.74) is 0.665. The minimum Gasteiger partial charge on any atom is -0.338 e. The molecule has 150 valence electrons. The molecule has 0 aliphatic heterocycles. The van der Waals surface area contributed by atoms with E-state index in [1.54, 1.807) is 31.5 Å². The summed E-state index contributed by atoms with van der Waals surface area (Å²) in [4.78, 5) is 24.0. The molecule has 2 aromatic heterocycles. The van der Waals surface area contributed by atoms with Crippen LogP contribution in [0, 0.1) is 0 Å². The Balaban J connectivity index is 1.87. The van der Waals surface area contributed by atoms with E-state index in [4.69, 9.17) is 11.6 Å². The van der Waals surface area contributed by atoms with E-state index < -0.39 is 7.14 Å². The van der Waals surface area contributed by atoms with Crippen LogP contribution in [0.5, 0.6) is 0 Å². The van der Waals surface area contributed by atoms with Crippen molar-refractivity contribution in [1.29, 1.82) is 0 Å². The van der Waals surface area contributed by atoms with Crippen LogP contribution in [0.2, 0.25) is 5.02 Å². The lowest BCUT2D eigenvalue weighted by molar-refractivity contribution is -0.114. The molecular weight excluding hydrogens is 411 g/mol. The molecule has 0 fully saturated rings. The first-order chi connectivity index (χ1) is 13.7. The molecule has 3 rings (SSSR count). The average molecular weight is 431 g/mol. The topological polar surface area (TPSA) is 109 Å². The number of carbonyl (C=O) groups is 1. The van der Waals surface area contributed by atoms with Gasteiger partial charge in [0.15, 0.2) is 5.82 Å². The Morgan fingerprint density at radius 3 is 2.45 bits per heavy atom. The van der Waals surface area contributed by atoms with Gasteiger partial charge in [0.1, 0.15) is 23.8 Å². The molecule has 2 heterocycles. The fraction of sp³-hybridized carbons (Fsp3) is 0.158. The number of halogens is 1. The highest BCUT2D eigenvalue weighted by atomic mass is 35.5. The lowest BCUT2D eigenvalue weighted by Gasteiger charge is -2.15. The molecule has 3 N–H and O–H groups in total. The zero-order chi connectivity index (χ0) is 21.0. The van der Waals surface area contributed by atoms with Crippen molar-refractivity contribution in [3.8, 4) is 0 Å². The minimum atomic E-state index is -2.50. The van der Waals surface area contributed by atoms with Gasteiger partial charge in [0, 0.05) is 12.2 Å². The van der Waals surface area contributed by atoms with Crippen molar-refractivity contribution in [2.24, 2.45) is 0 Å². The Morgan fingerprint density at radius 2 is 1.72 bits per heavy atom. The number of para-hydroxylation sites is 1. The summed E-state index contributed by atoms with van der Waals surface area (Å²) in [7, 11) is -2.50. The molecular formula is C19H20ClN6O2P. The molecule has 10 heteroatoms. The third-order valence-corrected chi connectivity index (χ3v) is 5.60. The third kappa shape index (κ3) is 5.53. The van der Waals surface area contributed by atoms with E-state index in [2.05, 4.69) is 30.9 Å². The smallest absolute Gasteiger partial charge is 0.230 e. The predicted octanol–water partition coefficient (Wildman–Crippen LogP) is 4.22. The quantitative estimate of drug-likeness (QED) is 0.502. The lowest BCUT2D eigenvalue weighted by atomic mass is 10.3. The molecule has 0 radical (unpaired) electrons. The van der Waals surface area contributed by atoms with Gasteiger partial charge in [-0.25, -0.2) is 9.97 Å². The van der Waals surface area contributed by atoms with Crippen LogP contribution in [0.1, 0.15) is 6.92 Å². The van der Waals surface area contributed by atoms with Crippen LogP contribution in [0.3, 0.4) is 0 Å². The van der Waals surface area contributed by atoms with E-state index in [0.717, 1.165) is 0 Å². The molecule has 3 aromatic rings. The normalized spacial score (nSPS) is 11.0. The molecule has 0 bridgehead atoms. The Bertz CT molecular complexity index is 1100. The first kappa shape index (κ1) is 20.8. The standard InChI is InChI=1S/C19H20ClN6O2P/c1-12(27)22-16-9-6-10-17(24-16)25-19-21-11-13(20)18(26-19)23-14-7-4-5-8-15(14)29(2,3)28/h4-11H,1-3H3,(H3,21,22,23,24,25,26,27). The summed E-state index contributed by atoms with van der Waals surface area (Å²) in [5, 5.41) is 9.74. The van der Waals surface area contributed by atoms with E-state index in [1.807, 2.05) is 24.3 Å². The number of rotatable bonds is 6. The maximum absolute atomic E-state index is 12.6. The van der Waals surface area contributed by atoms with Crippen molar-refractivity contribution < 1.29 is 9.36 Å². The van der Waals surface area contributed by atoms with Crippen LogP contribution in [-0.2, 0) is 9.36 Å².